The average molecular weight is 517 g/mol. The minimum absolute atomic E-state index is 0.117. The Kier molecular flexibility index (Phi) is 7.30. The van der Waals surface area contributed by atoms with Gasteiger partial charge in [-0.05, 0) is 62.1 Å². The predicted molar refractivity (Wildman–Crippen MR) is 140 cm³/mol. The van der Waals surface area contributed by atoms with Crippen LogP contribution in [0.3, 0.4) is 0 Å². The molecular formula is C28H29FN6O3. The quantitative estimate of drug-likeness (QED) is 0.351. The van der Waals surface area contributed by atoms with E-state index in [1.807, 2.05) is 0 Å². The maximum Gasteiger partial charge on any atom is 0.253 e. The topological polar surface area (TPSA) is 111 Å². The number of pyridine rings is 1. The van der Waals surface area contributed by atoms with Gasteiger partial charge in [0.1, 0.15) is 11.6 Å². The number of anilines is 1. The van der Waals surface area contributed by atoms with Crippen LogP contribution in [0, 0.1) is 18.7 Å². The van der Waals surface area contributed by atoms with Crippen LogP contribution >= 0.6 is 0 Å². The zero-order valence-electron chi connectivity index (χ0n) is 21.3. The van der Waals surface area contributed by atoms with Crippen LogP contribution in [0.5, 0.6) is 5.75 Å². The van der Waals surface area contributed by atoms with Gasteiger partial charge in [0.2, 0.25) is 5.91 Å². The second-order valence-corrected chi connectivity index (χ2v) is 9.58. The van der Waals surface area contributed by atoms with E-state index in [1.54, 1.807) is 48.1 Å². The SMILES string of the molecule is CC(=O)Nc1cn2nc(-c3cnc(C)c(C(=O)NCc4cc(F)ccc4OCC4CCCC4)c3)ccc2n1. The van der Waals surface area contributed by atoms with Gasteiger partial charge in [-0.1, -0.05) is 12.8 Å². The Hall–Kier alpha value is -4.34. The lowest BCUT2D eigenvalue weighted by Crippen LogP contribution is -2.24. The molecule has 1 fully saturated rings. The van der Waals surface area contributed by atoms with Crippen molar-refractivity contribution in [3.8, 4) is 17.0 Å². The molecule has 1 aromatic carbocycles. The van der Waals surface area contributed by atoms with Crippen LogP contribution in [0.2, 0.25) is 0 Å². The Bertz CT molecular complexity index is 1500. The molecule has 1 saturated carbocycles. The predicted octanol–water partition coefficient (Wildman–Crippen LogP) is 4.70. The van der Waals surface area contributed by atoms with Crippen molar-refractivity contribution in [2.45, 2.75) is 46.1 Å². The number of aromatic nitrogens is 4. The summed E-state index contributed by atoms with van der Waals surface area (Å²) in [5.41, 5.74) is 3.32. The number of rotatable bonds is 8. The highest BCUT2D eigenvalue weighted by molar-refractivity contribution is 5.96. The van der Waals surface area contributed by atoms with Gasteiger partial charge in [-0.3, -0.25) is 14.6 Å². The number of carbonyl (C=O) groups excluding carboxylic acids is 2. The first kappa shape index (κ1) is 25.3. The van der Waals surface area contributed by atoms with E-state index in [0.717, 1.165) is 12.8 Å². The molecule has 3 heterocycles. The highest BCUT2D eigenvalue weighted by Gasteiger charge is 2.18. The number of carbonyl (C=O) groups is 2. The van der Waals surface area contributed by atoms with Crippen molar-refractivity contribution in [3.63, 3.8) is 0 Å². The molecule has 2 amide bonds. The molecule has 2 N–H and O–H groups in total. The van der Waals surface area contributed by atoms with Crippen molar-refractivity contribution in [2.24, 2.45) is 5.92 Å². The summed E-state index contributed by atoms with van der Waals surface area (Å²) < 4.78 is 21.6. The Morgan fingerprint density at radius 3 is 2.76 bits per heavy atom. The van der Waals surface area contributed by atoms with Crippen molar-refractivity contribution in [1.29, 1.82) is 0 Å². The molecule has 0 aliphatic heterocycles. The largest absolute Gasteiger partial charge is 0.493 e. The lowest BCUT2D eigenvalue weighted by Gasteiger charge is -2.16. The van der Waals surface area contributed by atoms with Gasteiger partial charge in [0.15, 0.2) is 11.5 Å². The molecule has 0 atom stereocenters. The Balaban J connectivity index is 1.31. The molecule has 4 aromatic rings. The number of halogens is 1. The van der Waals surface area contributed by atoms with Crippen molar-refractivity contribution in [1.82, 2.24) is 24.9 Å². The van der Waals surface area contributed by atoms with Gasteiger partial charge in [-0.15, -0.1) is 0 Å². The third-order valence-corrected chi connectivity index (χ3v) is 6.66. The Labute approximate surface area is 219 Å². The van der Waals surface area contributed by atoms with Gasteiger partial charge >= 0.3 is 0 Å². The standard InChI is InChI=1S/C28H29FN6O3/c1-17-23(12-20(13-30-17)24-8-10-27-33-26(32-18(2)36)15-35(27)34-24)28(37)31-14-21-11-22(29)7-9-25(21)38-16-19-5-3-4-6-19/h7-13,15,19H,3-6,14,16H2,1-2H3,(H,31,37)(H,32,36). The Morgan fingerprint density at radius 2 is 1.97 bits per heavy atom. The third-order valence-electron chi connectivity index (χ3n) is 6.66. The number of imidazole rings is 1. The average Bonchev–Trinajstić information content (AvgIpc) is 3.55. The van der Waals surface area contributed by atoms with Gasteiger partial charge in [-0.2, -0.15) is 5.10 Å². The fourth-order valence-corrected chi connectivity index (χ4v) is 4.66. The Morgan fingerprint density at radius 1 is 1.16 bits per heavy atom. The van der Waals surface area contributed by atoms with Gasteiger partial charge < -0.3 is 15.4 Å². The number of aryl methyl sites for hydroxylation is 1. The molecule has 38 heavy (non-hydrogen) atoms. The second kappa shape index (κ2) is 11.0. The molecule has 1 aliphatic rings. The first-order valence-corrected chi connectivity index (χ1v) is 12.7. The van der Waals surface area contributed by atoms with Crippen LogP contribution in [0.4, 0.5) is 10.2 Å². The highest BCUT2D eigenvalue weighted by atomic mass is 19.1. The number of nitrogens with one attached hydrogen (secondary N) is 2. The monoisotopic (exact) mass is 516 g/mol. The molecule has 0 bridgehead atoms. The number of nitrogens with zero attached hydrogens (tertiary/aromatic N) is 4. The van der Waals surface area contributed by atoms with Gasteiger partial charge in [0.25, 0.3) is 5.91 Å². The number of benzene rings is 1. The van der Waals surface area contributed by atoms with Crippen molar-refractivity contribution < 1.29 is 18.7 Å². The van der Waals surface area contributed by atoms with E-state index in [4.69, 9.17) is 4.74 Å². The van der Waals surface area contributed by atoms with E-state index in [0.29, 0.717) is 57.8 Å². The zero-order chi connectivity index (χ0) is 26.6. The van der Waals surface area contributed by atoms with Crippen molar-refractivity contribution in [2.75, 3.05) is 11.9 Å². The van der Waals surface area contributed by atoms with Crippen LogP contribution in [0.1, 0.15) is 54.2 Å². The number of amides is 2. The van der Waals surface area contributed by atoms with Crippen LogP contribution in [-0.2, 0) is 11.3 Å². The lowest BCUT2D eigenvalue weighted by atomic mass is 10.1. The van der Waals surface area contributed by atoms with E-state index in [-0.39, 0.29) is 24.2 Å². The summed E-state index contributed by atoms with van der Waals surface area (Å²) in [6.45, 7) is 3.87. The van der Waals surface area contributed by atoms with Gasteiger partial charge in [0, 0.05) is 30.8 Å². The molecule has 0 spiro atoms. The molecule has 5 rings (SSSR count). The molecule has 1 aliphatic carbocycles. The summed E-state index contributed by atoms with van der Waals surface area (Å²) in [6.07, 6.45) is 7.99. The molecule has 0 saturated heterocycles. The molecule has 0 radical (unpaired) electrons. The number of ether oxygens (including phenoxy) is 1. The number of fused-ring (bicyclic) bond motifs is 1. The smallest absolute Gasteiger partial charge is 0.253 e. The summed E-state index contributed by atoms with van der Waals surface area (Å²) in [7, 11) is 0. The fraction of sp³-hybridized carbons (Fsp3) is 0.321. The van der Waals surface area contributed by atoms with Gasteiger partial charge in [-0.25, -0.2) is 13.9 Å². The molecule has 3 aromatic heterocycles. The molecule has 9 nitrogen and oxygen atoms in total. The lowest BCUT2D eigenvalue weighted by molar-refractivity contribution is -0.114. The summed E-state index contributed by atoms with van der Waals surface area (Å²) in [4.78, 5) is 33.2. The van der Waals surface area contributed by atoms with Crippen LogP contribution < -0.4 is 15.4 Å². The maximum atomic E-state index is 14.0. The number of hydrogen-bond acceptors (Lipinski definition) is 6. The van der Waals surface area contributed by atoms with Crippen molar-refractivity contribution >= 4 is 23.3 Å². The minimum Gasteiger partial charge on any atom is -0.493 e. The van der Waals surface area contributed by atoms with E-state index >= 15 is 0 Å². The summed E-state index contributed by atoms with van der Waals surface area (Å²) in [5, 5.41) is 10.1. The highest BCUT2D eigenvalue weighted by Crippen LogP contribution is 2.27. The van der Waals surface area contributed by atoms with E-state index < -0.39 is 0 Å². The zero-order valence-corrected chi connectivity index (χ0v) is 21.3. The van der Waals surface area contributed by atoms with Crippen LogP contribution in [0.15, 0.2) is 48.8 Å². The van der Waals surface area contributed by atoms with Crippen LogP contribution in [-0.4, -0.2) is 38.0 Å². The van der Waals surface area contributed by atoms with E-state index in [2.05, 4.69) is 25.7 Å². The van der Waals surface area contributed by atoms with Crippen molar-refractivity contribution in [3.05, 3.63) is 71.4 Å². The first-order valence-electron chi connectivity index (χ1n) is 12.7. The minimum atomic E-state index is -0.384. The van der Waals surface area contributed by atoms with E-state index in [1.165, 1.54) is 31.9 Å². The molecule has 0 unspecified atom stereocenters. The first-order chi connectivity index (χ1) is 18.4. The normalized spacial score (nSPS) is 13.6. The number of hydrogen-bond donors (Lipinski definition) is 2. The maximum absolute atomic E-state index is 14.0. The van der Waals surface area contributed by atoms with Crippen LogP contribution in [0.25, 0.3) is 16.9 Å². The third kappa shape index (κ3) is 5.80. The summed E-state index contributed by atoms with van der Waals surface area (Å²) >= 11 is 0. The van der Waals surface area contributed by atoms with E-state index in [9.17, 15) is 14.0 Å². The summed E-state index contributed by atoms with van der Waals surface area (Å²) in [5.74, 6) is 0.556. The molecule has 196 valence electrons. The fourth-order valence-electron chi connectivity index (χ4n) is 4.66. The molecular weight excluding hydrogens is 487 g/mol. The summed E-state index contributed by atoms with van der Waals surface area (Å²) in [6, 6.07) is 9.65. The van der Waals surface area contributed by atoms with Gasteiger partial charge in [0.05, 0.1) is 29.8 Å². The molecule has 10 heteroatoms. The second-order valence-electron chi connectivity index (χ2n) is 9.58.